The summed E-state index contributed by atoms with van der Waals surface area (Å²) in [4.78, 5) is 15.4. The Morgan fingerprint density at radius 1 is 1.06 bits per heavy atom. The predicted molar refractivity (Wildman–Crippen MR) is 128 cm³/mol. The van der Waals surface area contributed by atoms with E-state index in [0.29, 0.717) is 37.5 Å². The first-order valence-corrected chi connectivity index (χ1v) is 13.0. The Hall–Kier alpha value is -1.93. The minimum atomic E-state index is -3.57. The summed E-state index contributed by atoms with van der Waals surface area (Å²) in [5, 5.41) is 3.63. The van der Waals surface area contributed by atoms with Gasteiger partial charge in [-0.2, -0.15) is 4.31 Å². The number of piperidine rings is 1. The van der Waals surface area contributed by atoms with Crippen molar-refractivity contribution in [1.82, 2.24) is 14.5 Å². The van der Waals surface area contributed by atoms with Crippen LogP contribution in [-0.2, 0) is 14.8 Å². The standard InChI is InChI=1S/C24H32ClN3O3S/c1-3-27(4-2)23(19-8-6-5-7-9-19)18-26-24(29)20-14-16-28(17-15-20)32(30,31)22-12-10-21(25)11-13-22/h5-13,20,23H,3-4,14-18H2,1-2H3,(H,26,29). The maximum atomic E-state index is 12.9. The molecule has 0 spiro atoms. The second-order valence-corrected chi connectivity index (χ2v) is 10.4. The molecule has 32 heavy (non-hydrogen) atoms. The number of likely N-dealkylation sites (N-methyl/N-ethyl adjacent to an activating group) is 1. The van der Waals surface area contributed by atoms with Crippen LogP contribution in [0, 0.1) is 5.92 Å². The molecule has 0 aromatic heterocycles. The molecule has 1 heterocycles. The highest BCUT2D eigenvalue weighted by Crippen LogP contribution is 2.25. The first-order valence-electron chi connectivity index (χ1n) is 11.2. The average molecular weight is 478 g/mol. The van der Waals surface area contributed by atoms with Gasteiger partial charge in [-0.3, -0.25) is 9.69 Å². The number of carbonyl (C=O) groups is 1. The molecule has 2 aromatic rings. The van der Waals surface area contributed by atoms with Crippen molar-refractivity contribution in [1.29, 1.82) is 0 Å². The normalized spacial score (nSPS) is 16.8. The van der Waals surface area contributed by atoms with Gasteiger partial charge in [0.2, 0.25) is 15.9 Å². The van der Waals surface area contributed by atoms with Crippen LogP contribution in [0.1, 0.15) is 38.3 Å². The first-order chi connectivity index (χ1) is 15.4. The summed E-state index contributed by atoms with van der Waals surface area (Å²) in [5.74, 6) is -0.179. The van der Waals surface area contributed by atoms with Gasteiger partial charge in [0.05, 0.1) is 10.9 Å². The van der Waals surface area contributed by atoms with Crippen molar-refractivity contribution in [3.63, 3.8) is 0 Å². The van der Waals surface area contributed by atoms with Gasteiger partial charge in [-0.25, -0.2) is 8.42 Å². The van der Waals surface area contributed by atoms with Crippen LogP contribution in [0.5, 0.6) is 0 Å². The lowest BCUT2D eigenvalue weighted by atomic mass is 9.97. The fraction of sp³-hybridized carbons (Fsp3) is 0.458. The predicted octanol–water partition coefficient (Wildman–Crippen LogP) is 3.94. The fourth-order valence-corrected chi connectivity index (χ4v) is 5.85. The molecule has 1 unspecified atom stereocenters. The summed E-state index contributed by atoms with van der Waals surface area (Å²) in [6.45, 7) is 7.24. The summed E-state index contributed by atoms with van der Waals surface area (Å²) in [5.41, 5.74) is 1.18. The number of benzene rings is 2. The first kappa shape index (κ1) is 24.7. The van der Waals surface area contributed by atoms with Gasteiger partial charge in [-0.1, -0.05) is 55.8 Å². The van der Waals surface area contributed by atoms with Gasteiger partial charge in [0.1, 0.15) is 0 Å². The Labute approximate surface area is 196 Å². The molecule has 1 fully saturated rings. The van der Waals surface area contributed by atoms with Gasteiger partial charge in [-0.15, -0.1) is 0 Å². The van der Waals surface area contributed by atoms with E-state index in [0.717, 1.165) is 13.1 Å². The van der Waals surface area contributed by atoms with E-state index in [2.05, 4.69) is 36.2 Å². The van der Waals surface area contributed by atoms with Crippen LogP contribution >= 0.6 is 11.6 Å². The van der Waals surface area contributed by atoms with Gasteiger partial charge in [-0.05, 0) is 55.8 Å². The topological polar surface area (TPSA) is 69.7 Å². The van der Waals surface area contributed by atoms with E-state index < -0.39 is 10.0 Å². The second kappa shape index (κ2) is 11.3. The van der Waals surface area contributed by atoms with Gasteiger partial charge in [0, 0.05) is 30.6 Å². The molecule has 0 bridgehead atoms. The molecule has 1 atom stereocenters. The average Bonchev–Trinajstić information content (AvgIpc) is 2.82. The molecule has 3 rings (SSSR count). The van der Waals surface area contributed by atoms with E-state index in [1.807, 2.05) is 18.2 Å². The minimum Gasteiger partial charge on any atom is -0.354 e. The van der Waals surface area contributed by atoms with Crippen LogP contribution in [0.15, 0.2) is 59.5 Å². The zero-order valence-corrected chi connectivity index (χ0v) is 20.3. The SMILES string of the molecule is CCN(CC)C(CNC(=O)C1CCN(S(=O)(=O)c2ccc(Cl)cc2)CC1)c1ccccc1. The minimum absolute atomic E-state index is 0.00151. The molecule has 174 valence electrons. The molecule has 8 heteroatoms. The molecule has 2 aromatic carbocycles. The van der Waals surface area contributed by atoms with Crippen molar-refractivity contribution in [3.05, 3.63) is 65.2 Å². The largest absolute Gasteiger partial charge is 0.354 e. The van der Waals surface area contributed by atoms with Gasteiger partial charge >= 0.3 is 0 Å². The molecule has 0 aliphatic carbocycles. The number of nitrogens with one attached hydrogen (secondary N) is 1. The van der Waals surface area contributed by atoms with E-state index in [4.69, 9.17) is 11.6 Å². The van der Waals surface area contributed by atoms with Crippen LogP contribution in [0.25, 0.3) is 0 Å². The van der Waals surface area contributed by atoms with E-state index in [9.17, 15) is 13.2 Å². The molecular weight excluding hydrogens is 446 g/mol. The monoisotopic (exact) mass is 477 g/mol. The van der Waals surface area contributed by atoms with Gasteiger partial charge in [0.15, 0.2) is 0 Å². The fourth-order valence-electron chi connectivity index (χ4n) is 4.25. The lowest BCUT2D eigenvalue weighted by Crippen LogP contribution is -2.45. The molecular formula is C24H32ClN3O3S. The summed E-state index contributed by atoms with van der Waals surface area (Å²) in [6, 6.07) is 16.5. The van der Waals surface area contributed by atoms with Crippen molar-refractivity contribution in [2.75, 3.05) is 32.7 Å². The number of hydrogen-bond acceptors (Lipinski definition) is 4. The van der Waals surface area contributed by atoms with E-state index in [1.165, 1.54) is 22.0 Å². The van der Waals surface area contributed by atoms with E-state index in [1.54, 1.807) is 12.1 Å². The number of carbonyl (C=O) groups excluding carboxylic acids is 1. The Balaban J connectivity index is 1.58. The van der Waals surface area contributed by atoms with E-state index in [-0.39, 0.29) is 22.8 Å². The summed E-state index contributed by atoms with van der Waals surface area (Å²) in [7, 11) is -3.57. The Bertz CT molecular complexity index is 971. The second-order valence-electron chi connectivity index (χ2n) is 8.03. The van der Waals surface area contributed by atoms with Crippen molar-refractivity contribution < 1.29 is 13.2 Å². The number of rotatable bonds is 9. The molecule has 0 radical (unpaired) electrons. The maximum Gasteiger partial charge on any atom is 0.243 e. The molecule has 1 aliphatic heterocycles. The summed E-state index contributed by atoms with van der Waals surface area (Å²) >= 11 is 5.87. The third-order valence-electron chi connectivity index (χ3n) is 6.18. The number of sulfonamides is 1. The van der Waals surface area contributed by atoms with Crippen LogP contribution in [0.4, 0.5) is 0 Å². The van der Waals surface area contributed by atoms with Crippen molar-refractivity contribution in [2.45, 2.75) is 37.6 Å². The van der Waals surface area contributed by atoms with Crippen LogP contribution in [0.3, 0.4) is 0 Å². The lowest BCUT2D eigenvalue weighted by molar-refractivity contribution is -0.126. The van der Waals surface area contributed by atoms with Crippen molar-refractivity contribution in [3.8, 4) is 0 Å². The number of amides is 1. The number of nitrogens with zero attached hydrogens (tertiary/aromatic N) is 2. The zero-order chi connectivity index (χ0) is 23.1. The third kappa shape index (κ3) is 5.90. The van der Waals surface area contributed by atoms with Gasteiger partial charge in [0.25, 0.3) is 0 Å². The van der Waals surface area contributed by atoms with Crippen molar-refractivity contribution in [2.24, 2.45) is 5.92 Å². The quantitative estimate of drug-likeness (QED) is 0.594. The van der Waals surface area contributed by atoms with Gasteiger partial charge < -0.3 is 5.32 Å². The molecule has 0 saturated carbocycles. The molecule has 1 N–H and O–H groups in total. The smallest absolute Gasteiger partial charge is 0.243 e. The number of halogens is 1. The summed E-state index contributed by atoms with van der Waals surface area (Å²) in [6.07, 6.45) is 1.03. The molecule has 1 aliphatic rings. The lowest BCUT2D eigenvalue weighted by Gasteiger charge is -2.33. The highest BCUT2D eigenvalue weighted by atomic mass is 35.5. The zero-order valence-electron chi connectivity index (χ0n) is 18.7. The van der Waals surface area contributed by atoms with Crippen molar-refractivity contribution >= 4 is 27.5 Å². The Kier molecular flexibility index (Phi) is 8.71. The van der Waals surface area contributed by atoms with Crippen LogP contribution < -0.4 is 5.32 Å². The highest BCUT2D eigenvalue weighted by molar-refractivity contribution is 7.89. The molecule has 1 saturated heterocycles. The molecule has 6 nitrogen and oxygen atoms in total. The Morgan fingerprint density at radius 2 is 1.66 bits per heavy atom. The van der Waals surface area contributed by atoms with Crippen LogP contribution in [0.2, 0.25) is 5.02 Å². The van der Waals surface area contributed by atoms with E-state index >= 15 is 0 Å². The molecule has 1 amide bonds. The Morgan fingerprint density at radius 3 is 2.22 bits per heavy atom. The maximum absolute atomic E-state index is 12.9. The number of hydrogen-bond donors (Lipinski definition) is 1. The third-order valence-corrected chi connectivity index (χ3v) is 8.35. The highest BCUT2D eigenvalue weighted by Gasteiger charge is 2.32. The van der Waals surface area contributed by atoms with Crippen LogP contribution in [-0.4, -0.2) is 56.3 Å². The summed E-state index contributed by atoms with van der Waals surface area (Å²) < 4.78 is 27.2.